The van der Waals surface area contributed by atoms with Crippen LogP contribution in [0.1, 0.15) is 56.6 Å². The normalized spacial score (nSPS) is 17.4. The van der Waals surface area contributed by atoms with Crippen LogP contribution < -0.4 is 18.9 Å². The summed E-state index contributed by atoms with van der Waals surface area (Å²) < 4.78 is 45.1. The minimum Gasteiger partial charge on any atom is -0.491 e. The third kappa shape index (κ3) is 16.0. The van der Waals surface area contributed by atoms with Crippen molar-refractivity contribution in [2.45, 2.75) is 51.5 Å². The van der Waals surface area contributed by atoms with Crippen molar-refractivity contribution in [3.63, 3.8) is 0 Å². The van der Waals surface area contributed by atoms with Crippen molar-refractivity contribution in [3.05, 3.63) is 275 Å². The van der Waals surface area contributed by atoms with Gasteiger partial charge in [0.2, 0.25) is 0 Å². The van der Waals surface area contributed by atoms with Crippen LogP contribution in [0.3, 0.4) is 0 Å². The molecule has 384 valence electrons. The van der Waals surface area contributed by atoms with E-state index in [-0.39, 0.29) is 12.1 Å². The van der Waals surface area contributed by atoms with E-state index in [1.807, 2.05) is 60.7 Å². The van der Waals surface area contributed by atoms with Gasteiger partial charge < -0.3 is 33.2 Å². The number of nitrogens with zero attached hydrogens (tertiary/aromatic N) is 2. The van der Waals surface area contributed by atoms with E-state index in [9.17, 15) is 0 Å². The van der Waals surface area contributed by atoms with E-state index in [0.717, 1.165) is 45.3 Å². The Morgan fingerprint density at radius 2 is 0.653 bits per heavy atom. The topological polar surface area (TPSA) is 71.1 Å². The molecule has 0 aliphatic carbocycles. The molecule has 9 nitrogen and oxygen atoms in total. The highest BCUT2D eigenvalue weighted by atomic mass is 16.5. The lowest BCUT2D eigenvalue weighted by molar-refractivity contribution is 0.0592. The van der Waals surface area contributed by atoms with Gasteiger partial charge >= 0.3 is 0 Å². The molecule has 8 aromatic rings. The van der Waals surface area contributed by atoms with Crippen LogP contribution in [0.25, 0.3) is 0 Å². The fourth-order valence-corrected chi connectivity index (χ4v) is 9.35. The van der Waals surface area contributed by atoms with E-state index in [1.165, 1.54) is 22.3 Å². The first-order valence-electron chi connectivity index (χ1n) is 26.1. The smallest absolute Gasteiger partial charge is 0.126 e. The summed E-state index contributed by atoms with van der Waals surface area (Å²) in [7, 11) is 0. The summed E-state index contributed by atoms with van der Waals surface area (Å²) in [5.74, 6) is 3.17. The first-order valence-corrected chi connectivity index (χ1v) is 26.1. The predicted octanol–water partition coefficient (Wildman–Crippen LogP) is 13.4. The number of fused-ring (bicyclic) bond motifs is 4. The summed E-state index contributed by atoms with van der Waals surface area (Å²) in [6, 6.07) is 75.2. The van der Waals surface area contributed by atoms with Gasteiger partial charge in [-0.15, -0.1) is 0 Å². The van der Waals surface area contributed by atoms with Gasteiger partial charge in [0.15, 0.2) is 0 Å². The van der Waals surface area contributed by atoms with Gasteiger partial charge in [-0.05, 0) is 46.5 Å². The van der Waals surface area contributed by atoms with Gasteiger partial charge in [0, 0.05) is 48.4 Å². The van der Waals surface area contributed by atoms with Crippen molar-refractivity contribution in [1.82, 2.24) is 9.80 Å². The molecular formula is C66H68N2O7. The maximum atomic E-state index is 6.66. The maximum absolute atomic E-state index is 6.66. The minimum absolute atomic E-state index is 0.0570. The summed E-state index contributed by atoms with van der Waals surface area (Å²) in [6.07, 6.45) is 4.14. The maximum Gasteiger partial charge on any atom is 0.126 e. The Balaban J connectivity index is 0.974. The van der Waals surface area contributed by atoms with Crippen LogP contribution in [0.15, 0.2) is 231 Å². The molecule has 0 saturated carbocycles. The molecule has 75 heavy (non-hydrogen) atoms. The molecule has 1 aliphatic rings. The van der Waals surface area contributed by atoms with Crippen LogP contribution >= 0.6 is 0 Å². The van der Waals surface area contributed by atoms with E-state index in [0.29, 0.717) is 92.2 Å². The van der Waals surface area contributed by atoms with Crippen molar-refractivity contribution in [2.75, 3.05) is 52.9 Å². The van der Waals surface area contributed by atoms with Crippen LogP contribution in [0.4, 0.5) is 0 Å². The Morgan fingerprint density at radius 3 is 1.05 bits per heavy atom. The van der Waals surface area contributed by atoms with E-state index >= 15 is 0 Å². The summed E-state index contributed by atoms with van der Waals surface area (Å²) in [4.78, 5) is 4.97. The predicted molar refractivity (Wildman–Crippen MR) is 297 cm³/mol. The average Bonchev–Trinajstić information content (AvgIpc) is 3.46. The molecule has 1 aliphatic heterocycles. The average molecular weight is 1000 g/mol. The van der Waals surface area contributed by atoms with E-state index in [1.54, 1.807) is 0 Å². The molecule has 2 atom stereocenters. The number of hydrogen-bond acceptors (Lipinski definition) is 9. The second-order valence-electron chi connectivity index (χ2n) is 18.5. The Hall–Kier alpha value is -7.50. The highest BCUT2D eigenvalue weighted by Gasteiger charge is 2.25. The van der Waals surface area contributed by atoms with Gasteiger partial charge in [0.1, 0.15) is 49.4 Å². The Labute approximate surface area is 443 Å². The zero-order chi connectivity index (χ0) is 51.0. The van der Waals surface area contributed by atoms with E-state index in [2.05, 4.69) is 180 Å². The van der Waals surface area contributed by atoms with Gasteiger partial charge in [0.25, 0.3) is 0 Å². The zero-order valence-electron chi connectivity index (χ0n) is 42.7. The SMILES string of the molecule is C1=CCOC[C@@H](c2ccccc2)N(Cc2ccccc2)Cc2ccccc2OCc2ccccc2OCCOCCOc2ccccc2COc2ccccc2CN(Cc2ccccc2)[C@H](c2ccccc2)COC1. The van der Waals surface area contributed by atoms with Gasteiger partial charge in [0.05, 0.1) is 51.7 Å². The molecule has 0 N–H and O–H groups in total. The quantitative estimate of drug-likeness (QED) is 0.152. The van der Waals surface area contributed by atoms with Crippen molar-refractivity contribution in [2.24, 2.45) is 0 Å². The molecule has 0 saturated heterocycles. The number of para-hydroxylation sites is 4. The second kappa shape index (κ2) is 28.8. The number of hydrogen-bond donors (Lipinski definition) is 0. The molecule has 0 radical (unpaired) electrons. The second-order valence-corrected chi connectivity index (χ2v) is 18.5. The highest BCUT2D eigenvalue weighted by molar-refractivity contribution is 5.39. The molecule has 9 heteroatoms. The molecule has 0 spiro atoms. The molecule has 0 aromatic heterocycles. The van der Waals surface area contributed by atoms with Crippen LogP contribution in [0, 0.1) is 0 Å². The molecule has 8 aromatic carbocycles. The minimum atomic E-state index is -0.0570. The van der Waals surface area contributed by atoms with Crippen molar-refractivity contribution in [1.29, 1.82) is 0 Å². The fourth-order valence-electron chi connectivity index (χ4n) is 9.35. The fraction of sp³-hybridized carbons (Fsp3) is 0.242. The summed E-state index contributed by atoms with van der Waals surface area (Å²) in [5.41, 5.74) is 8.86. The van der Waals surface area contributed by atoms with Gasteiger partial charge in [-0.1, -0.05) is 206 Å². The number of ether oxygens (including phenoxy) is 7. The lowest BCUT2D eigenvalue weighted by atomic mass is 10.0. The molecule has 0 bridgehead atoms. The molecule has 0 unspecified atom stereocenters. The lowest BCUT2D eigenvalue weighted by Crippen LogP contribution is -2.31. The van der Waals surface area contributed by atoms with Crippen LogP contribution in [-0.2, 0) is 53.6 Å². The number of benzene rings is 8. The number of rotatable bonds is 6. The van der Waals surface area contributed by atoms with Gasteiger partial charge in [-0.25, -0.2) is 0 Å². The van der Waals surface area contributed by atoms with E-state index < -0.39 is 0 Å². The van der Waals surface area contributed by atoms with E-state index in [4.69, 9.17) is 33.2 Å². The van der Waals surface area contributed by atoms with Crippen molar-refractivity contribution < 1.29 is 33.2 Å². The van der Waals surface area contributed by atoms with Crippen LogP contribution in [0.2, 0.25) is 0 Å². The van der Waals surface area contributed by atoms with Crippen molar-refractivity contribution >= 4 is 0 Å². The first-order chi connectivity index (χ1) is 37.2. The third-order valence-electron chi connectivity index (χ3n) is 13.2. The van der Waals surface area contributed by atoms with Gasteiger partial charge in [-0.3, -0.25) is 9.80 Å². The summed E-state index contributed by atoms with van der Waals surface area (Å²) in [6.45, 7) is 6.78. The molecule has 1 heterocycles. The standard InChI is InChI=1S/C66H68N2O7/c1-5-23-53(24-6-1)45-67-47-57-31-13-17-35-63(57)74-49-59-33-15-19-37-65(59)72-43-41-69-42-44-73-66-38-20-16-34-60(66)50-75-64-36-18-14-32-58(64)48-68(46-54-25-7-2-8-26-54)62(56-29-11-4-12-30-56)52-71-40-22-21-39-70-51-61(67)55-27-9-3-10-28-55/h1-38,61-62H,39-52H2/t61-,62-/m0/s1. The lowest BCUT2D eigenvalue weighted by Gasteiger charge is -2.33. The first kappa shape index (κ1) is 52.4. The summed E-state index contributed by atoms with van der Waals surface area (Å²) >= 11 is 0. The molecule has 9 rings (SSSR count). The monoisotopic (exact) mass is 1000 g/mol. The molecule has 0 amide bonds. The Morgan fingerprint density at radius 1 is 0.320 bits per heavy atom. The van der Waals surface area contributed by atoms with Crippen LogP contribution in [0.5, 0.6) is 23.0 Å². The molecule has 0 fully saturated rings. The largest absolute Gasteiger partial charge is 0.491 e. The van der Waals surface area contributed by atoms with Gasteiger partial charge in [-0.2, -0.15) is 0 Å². The zero-order valence-corrected chi connectivity index (χ0v) is 42.7. The Bertz CT molecular complexity index is 2720. The van der Waals surface area contributed by atoms with Crippen LogP contribution in [-0.4, -0.2) is 62.7 Å². The summed E-state index contributed by atoms with van der Waals surface area (Å²) in [5, 5.41) is 0. The van der Waals surface area contributed by atoms with Crippen molar-refractivity contribution in [3.8, 4) is 23.0 Å². The third-order valence-corrected chi connectivity index (χ3v) is 13.2. The Kier molecular flexibility index (Phi) is 20.1. The molecular weight excluding hydrogens is 933 g/mol. The highest BCUT2D eigenvalue weighted by Crippen LogP contribution is 2.32.